The van der Waals surface area contributed by atoms with Gasteiger partial charge in [0, 0.05) is 0 Å². The van der Waals surface area contributed by atoms with E-state index < -0.39 is 11.8 Å². The number of carbonyl (C=O) groups excluding carboxylic acids is 1. The number of halogens is 1. The minimum absolute atomic E-state index is 0.174. The molecule has 114 valence electrons. The first-order chi connectivity index (χ1) is 10.4. The number of ether oxygens (including phenoxy) is 2. The largest absolute Gasteiger partial charge is 0.488 e. The summed E-state index contributed by atoms with van der Waals surface area (Å²) < 4.78 is 24.3. The van der Waals surface area contributed by atoms with E-state index in [1.54, 1.807) is 6.07 Å². The van der Waals surface area contributed by atoms with Crippen LogP contribution in [0.5, 0.6) is 11.5 Å². The average Bonchev–Trinajstić information content (AvgIpc) is 2.47. The molecule has 1 heterocycles. The third-order valence-electron chi connectivity index (χ3n) is 3.69. The van der Waals surface area contributed by atoms with Gasteiger partial charge >= 0.3 is 5.97 Å². The van der Waals surface area contributed by atoms with Gasteiger partial charge in [-0.3, -0.25) is 0 Å². The number of carbonyl (C=O) groups is 1. The maximum atomic E-state index is 13.1. The highest BCUT2D eigenvalue weighted by Crippen LogP contribution is 2.35. The summed E-state index contributed by atoms with van der Waals surface area (Å²) in [5.74, 6) is 0.227. The lowest BCUT2D eigenvalue weighted by Gasteiger charge is -2.32. The minimum atomic E-state index is -0.573. The normalized spacial score (nSPS) is 15.6. The molecule has 0 aliphatic carbocycles. The summed E-state index contributed by atoms with van der Waals surface area (Å²) in [6, 6.07) is 10.8. The molecule has 0 radical (unpaired) electrons. The van der Waals surface area contributed by atoms with Gasteiger partial charge in [0.05, 0.1) is 5.56 Å². The lowest BCUT2D eigenvalue weighted by Crippen LogP contribution is -2.32. The molecule has 1 aliphatic heterocycles. The Hall–Kier alpha value is -2.36. The second-order valence-electron chi connectivity index (χ2n) is 6.03. The molecule has 0 saturated carbocycles. The first kappa shape index (κ1) is 14.6. The SMILES string of the molecule is CC1(C)CCc2cc(OC(=O)c3cccc(F)c3)ccc2O1. The number of hydrogen-bond acceptors (Lipinski definition) is 3. The first-order valence-corrected chi connectivity index (χ1v) is 7.23. The van der Waals surface area contributed by atoms with Crippen molar-refractivity contribution >= 4 is 5.97 Å². The number of fused-ring (bicyclic) bond motifs is 1. The maximum absolute atomic E-state index is 13.1. The molecule has 3 rings (SSSR count). The van der Waals surface area contributed by atoms with E-state index in [1.807, 2.05) is 26.0 Å². The number of hydrogen-bond donors (Lipinski definition) is 0. The zero-order valence-electron chi connectivity index (χ0n) is 12.6. The fourth-order valence-corrected chi connectivity index (χ4v) is 2.48. The highest BCUT2D eigenvalue weighted by molar-refractivity contribution is 5.91. The molecule has 0 bridgehead atoms. The lowest BCUT2D eigenvalue weighted by atomic mass is 9.94. The molecule has 2 aromatic rings. The smallest absolute Gasteiger partial charge is 0.343 e. The summed E-state index contributed by atoms with van der Waals surface area (Å²) in [4.78, 5) is 12.0. The second kappa shape index (κ2) is 5.44. The summed E-state index contributed by atoms with van der Waals surface area (Å²) >= 11 is 0. The molecule has 3 nitrogen and oxygen atoms in total. The summed E-state index contributed by atoms with van der Waals surface area (Å²) in [5.41, 5.74) is 1.03. The Morgan fingerprint density at radius 2 is 2.05 bits per heavy atom. The van der Waals surface area contributed by atoms with Crippen molar-refractivity contribution in [3.05, 3.63) is 59.4 Å². The van der Waals surface area contributed by atoms with Gasteiger partial charge in [-0.15, -0.1) is 0 Å². The van der Waals surface area contributed by atoms with Crippen LogP contribution in [-0.2, 0) is 6.42 Å². The van der Waals surface area contributed by atoms with Gasteiger partial charge in [0.1, 0.15) is 22.9 Å². The Bertz CT molecular complexity index is 722. The second-order valence-corrected chi connectivity index (χ2v) is 6.03. The molecule has 0 spiro atoms. The molecule has 0 atom stereocenters. The van der Waals surface area contributed by atoms with Crippen molar-refractivity contribution in [2.75, 3.05) is 0 Å². The molecular weight excluding hydrogens is 283 g/mol. The van der Waals surface area contributed by atoms with Crippen LogP contribution in [-0.4, -0.2) is 11.6 Å². The van der Waals surface area contributed by atoms with E-state index in [4.69, 9.17) is 9.47 Å². The van der Waals surface area contributed by atoms with Crippen molar-refractivity contribution < 1.29 is 18.7 Å². The lowest BCUT2D eigenvalue weighted by molar-refractivity contribution is 0.0727. The van der Waals surface area contributed by atoms with E-state index >= 15 is 0 Å². The van der Waals surface area contributed by atoms with Gasteiger partial charge in [0.15, 0.2) is 0 Å². The van der Waals surface area contributed by atoms with Crippen molar-refractivity contribution in [2.45, 2.75) is 32.3 Å². The van der Waals surface area contributed by atoms with Crippen molar-refractivity contribution in [1.82, 2.24) is 0 Å². The van der Waals surface area contributed by atoms with Crippen LogP contribution in [0.25, 0.3) is 0 Å². The fourth-order valence-electron chi connectivity index (χ4n) is 2.48. The predicted molar refractivity (Wildman–Crippen MR) is 80.8 cm³/mol. The topological polar surface area (TPSA) is 35.5 Å². The van der Waals surface area contributed by atoms with Crippen molar-refractivity contribution in [1.29, 1.82) is 0 Å². The highest BCUT2D eigenvalue weighted by Gasteiger charge is 2.26. The van der Waals surface area contributed by atoms with Crippen LogP contribution in [0.1, 0.15) is 36.2 Å². The monoisotopic (exact) mass is 300 g/mol. The number of esters is 1. The van der Waals surface area contributed by atoms with Crippen LogP contribution in [0.4, 0.5) is 4.39 Å². The number of aryl methyl sites for hydroxylation is 1. The zero-order valence-corrected chi connectivity index (χ0v) is 12.6. The molecule has 0 aromatic heterocycles. The Kier molecular flexibility index (Phi) is 3.61. The molecule has 0 saturated heterocycles. The molecule has 0 amide bonds. The van der Waals surface area contributed by atoms with Gasteiger partial charge < -0.3 is 9.47 Å². The predicted octanol–water partition coefficient (Wildman–Crippen LogP) is 4.15. The van der Waals surface area contributed by atoms with Gasteiger partial charge in [-0.05, 0) is 68.7 Å². The van der Waals surface area contributed by atoms with Gasteiger partial charge in [0.2, 0.25) is 0 Å². The van der Waals surface area contributed by atoms with Gasteiger partial charge in [-0.1, -0.05) is 6.07 Å². The van der Waals surface area contributed by atoms with Crippen LogP contribution in [0, 0.1) is 5.82 Å². The quantitative estimate of drug-likeness (QED) is 0.617. The molecule has 2 aromatic carbocycles. The maximum Gasteiger partial charge on any atom is 0.343 e. The Labute approximate surface area is 128 Å². The minimum Gasteiger partial charge on any atom is -0.488 e. The molecule has 0 unspecified atom stereocenters. The summed E-state index contributed by atoms with van der Waals surface area (Å²) in [5, 5.41) is 0. The van der Waals surface area contributed by atoms with Crippen LogP contribution < -0.4 is 9.47 Å². The van der Waals surface area contributed by atoms with E-state index in [9.17, 15) is 9.18 Å². The van der Waals surface area contributed by atoms with Crippen LogP contribution in [0.3, 0.4) is 0 Å². The Balaban J connectivity index is 1.78. The fraction of sp³-hybridized carbons (Fsp3) is 0.278. The third-order valence-corrected chi connectivity index (χ3v) is 3.69. The van der Waals surface area contributed by atoms with Crippen molar-refractivity contribution in [3.8, 4) is 11.5 Å². The molecular formula is C18H17FO3. The summed E-state index contributed by atoms with van der Waals surface area (Å²) in [7, 11) is 0. The van der Waals surface area contributed by atoms with Gasteiger partial charge in [-0.2, -0.15) is 0 Å². The molecule has 0 N–H and O–H groups in total. The Morgan fingerprint density at radius 3 is 2.82 bits per heavy atom. The van der Waals surface area contributed by atoms with Gasteiger partial charge in [-0.25, -0.2) is 9.18 Å². The van der Waals surface area contributed by atoms with E-state index in [0.717, 1.165) is 30.2 Å². The van der Waals surface area contributed by atoms with E-state index in [-0.39, 0.29) is 11.2 Å². The number of rotatable bonds is 2. The van der Waals surface area contributed by atoms with E-state index in [1.165, 1.54) is 18.2 Å². The van der Waals surface area contributed by atoms with Crippen LogP contribution >= 0.6 is 0 Å². The van der Waals surface area contributed by atoms with Crippen LogP contribution in [0.2, 0.25) is 0 Å². The zero-order chi connectivity index (χ0) is 15.7. The van der Waals surface area contributed by atoms with E-state index in [2.05, 4.69) is 0 Å². The third kappa shape index (κ3) is 3.11. The summed E-state index contributed by atoms with van der Waals surface area (Å²) in [6.45, 7) is 4.10. The first-order valence-electron chi connectivity index (χ1n) is 7.23. The van der Waals surface area contributed by atoms with Crippen molar-refractivity contribution in [3.63, 3.8) is 0 Å². The number of benzene rings is 2. The van der Waals surface area contributed by atoms with Crippen LogP contribution in [0.15, 0.2) is 42.5 Å². The van der Waals surface area contributed by atoms with E-state index in [0.29, 0.717) is 5.75 Å². The van der Waals surface area contributed by atoms with Crippen molar-refractivity contribution in [2.24, 2.45) is 0 Å². The van der Waals surface area contributed by atoms with Gasteiger partial charge in [0.25, 0.3) is 0 Å². The molecule has 1 aliphatic rings. The summed E-state index contributed by atoms with van der Waals surface area (Å²) in [6.07, 6.45) is 1.77. The molecule has 4 heteroatoms. The molecule has 0 fully saturated rings. The highest BCUT2D eigenvalue weighted by atomic mass is 19.1. The molecule has 22 heavy (non-hydrogen) atoms. The standard InChI is InChI=1S/C18H17FO3/c1-18(2)9-8-12-11-15(6-7-16(12)22-18)21-17(20)13-4-3-5-14(19)10-13/h3-7,10-11H,8-9H2,1-2H3. The Morgan fingerprint density at radius 1 is 1.23 bits per heavy atom. The average molecular weight is 300 g/mol.